The van der Waals surface area contributed by atoms with Crippen molar-refractivity contribution in [1.82, 2.24) is 0 Å². The lowest BCUT2D eigenvalue weighted by Crippen LogP contribution is -2.51. The zero-order valence-electron chi connectivity index (χ0n) is 14.4. The van der Waals surface area contributed by atoms with Gasteiger partial charge in [-0.05, 0) is 12.1 Å². The molecular weight excluding hydrogens is 396 g/mol. The molecule has 0 aromatic heterocycles. The molecule has 0 nitrogen and oxygen atoms in total. The van der Waals surface area contributed by atoms with Gasteiger partial charge in [0.15, 0.2) is 8.80 Å². The van der Waals surface area contributed by atoms with Gasteiger partial charge in [-0.3, -0.25) is 0 Å². The third kappa shape index (κ3) is 5.28. The van der Waals surface area contributed by atoms with Gasteiger partial charge in [0.25, 0.3) is 0 Å². The molecule has 0 bridgehead atoms. The first-order valence-electron chi connectivity index (χ1n) is 8.58. The summed E-state index contributed by atoms with van der Waals surface area (Å²) in [4.78, 5) is 0. The smallest absolute Gasteiger partial charge is 0.0624 e. The lowest BCUT2D eigenvalue weighted by atomic mass is 10.3. The van der Waals surface area contributed by atoms with Crippen LogP contribution in [0.5, 0.6) is 0 Å². The van der Waals surface area contributed by atoms with Gasteiger partial charge in [-0.15, -0.1) is 0 Å². The Balaban J connectivity index is 0.000000236. The molecule has 0 aliphatic rings. The summed E-state index contributed by atoms with van der Waals surface area (Å²) in [7, 11) is -0.877. The first-order valence-corrected chi connectivity index (χ1v) is 10.9. The van der Waals surface area contributed by atoms with Crippen LogP contribution >= 0.6 is 15.9 Å². The Morgan fingerprint density at radius 2 is 0.654 bits per heavy atom. The largest absolute Gasteiger partial charge is 0.154 e. The van der Waals surface area contributed by atoms with E-state index in [1.165, 1.54) is 15.6 Å². The Kier molecular flexibility index (Phi) is 7.00. The molecular formula is C24H20BrSi. The monoisotopic (exact) mass is 415 g/mol. The van der Waals surface area contributed by atoms with Crippen molar-refractivity contribution in [2.24, 2.45) is 0 Å². The van der Waals surface area contributed by atoms with E-state index < -0.39 is 8.80 Å². The third-order valence-corrected chi connectivity index (χ3v) is 7.18. The lowest BCUT2D eigenvalue weighted by molar-refractivity contribution is 1.66. The van der Waals surface area contributed by atoms with Crippen molar-refractivity contribution in [2.45, 2.75) is 0 Å². The molecule has 0 unspecified atom stereocenters. The predicted octanol–water partition coefficient (Wildman–Crippen LogP) is 4.65. The number of hydrogen-bond acceptors (Lipinski definition) is 0. The normalized spacial score (nSPS) is 10.1. The topological polar surface area (TPSA) is 0 Å². The standard InChI is InChI=1S/C18H15Si.C6H5Br/c1-4-10-16(11-5-1)19(17-12-6-2-7-13-17)18-14-8-3-9-15-18;7-6-4-2-1-3-5-6/h1-15H;1-5H. The van der Waals surface area contributed by atoms with Crippen molar-refractivity contribution in [2.75, 3.05) is 0 Å². The van der Waals surface area contributed by atoms with E-state index >= 15 is 0 Å². The minimum absolute atomic E-state index is 0.877. The highest BCUT2D eigenvalue weighted by molar-refractivity contribution is 9.10. The summed E-state index contributed by atoms with van der Waals surface area (Å²) in [5.41, 5.74) is 0. The first kappa shape index (κ1) is 18.4. The molecule has 0 fully saturated rings. The van der Waals surface area contributed by atoms with Crippen molar-refractivity contribution in [3.63, 3.8) is 0 Å². The minimum Gasteiger partial charge on any atom is -0.0624 e. The van der Waals surface area contributed by atoms with Gasteiger partial charge in [-0.1, -0.05) is 141 Å². The summed E-state index contributed by atoms with van der Waals surface area (Å²) in [5.74, 6) is 0. The highest BCUT2D eigenvalue weighted by atomic mass is 79.9. The molecule has 0 saturated carbocycles. The lowest BCUT2D eigenvalue weighted by Gasteiger charge is -2.16. The summed E-state index contributed by atoms with van der Waals surface area (Å²) < 4.78 is 1.13. The number of benzene rings is 4. The van der Waals surface area contributed by atoms with E-state index in [1.807, 2.05) is 30.3 Å². The van der Waals surface area contributed by atoms with E-state index in [0.717, 1.165) is 4.47 Å². The van der Waals surface area contributed by atoms with Crippen molar-refractivity contribution < 1.29 is 0 Å². The molecule has 0 aliphatic heterocycles. The van der Waals surface area contributed by atoms with Crippen LogP contribution in [-0.2, 0) is 0 Å². The van der Waals surface area contributed by atoms with Gasteiger partial charge in [0, 0.05) is 4.47 Å². The highest BCUT2D eigenvalue weighted by Crippen LogP contribution is 2.05. The Hall–Kier alpha value is -2.42. The minimum atomic E-state index is -0.877. The van der Waals surface area contributed by atoms with Gasteiger partial charge >= 0.3 is 0 Å². The molecule has 0 amide bonds. The van der Waals surface area contributed by atoms with E-state index in [2.05, 4.69) is 107 Å². The average Bonchev–Trinajstić information content (AvgIpc) is 2.72. The zero-order chi connectivity index (χ0) is 18.0. The van der Waals surface area contributed by atoms with Gasteiger partial charge in [-0.2, -0.15) is 0 Å². The van der Waals surface area contributed by atoms with Crippen LogP contribution in [0.25, 0.3) is 0 Å². The van der Waals surface area contributed by atoms with Gasteiger partial charge in [0.05, 0.1) is 0 Å². The summed E-state index contributed by atoms with van der Waals surface area (Å²) >= 11 is 3.31. The number of hydrogen-bond donors (Lipinski definition) is 0. The van der Waals surface area contributed by atoms with E-state index in [-0.39, 0.29) is 0 Å². The van der Waals surface area contributed by atoms with E-state index in [9.17, 15) is 0 Å². The predicted molar refractivity (Wildman–Crippen MR) is 118 cm³/mol. The van der Waals surface area contributed by atoms with Gasteiger partial charge in [0.1, 0.15) is 0 Å². The molecule has 0 N–H and O–H groups in total. The molecule has 26 heavy (non-hydrogen) atoms. The van der Waals surface area contributed by atoms with E-state index in [0.29, 0.717) is 0 Å². The summed E-state index contributed by atoms with van der Waals surface area (Å²) in [5, 5.41) is 4.31. The molecule has 1 radical (unpaired) electrons. The van der Waals surface area contributed by atoms with E-state index in [4.69, 9.17) is 0 Å². The molecule has 4 aromatic carbocycles. The average molecular weight is 416 g/mol. The fourth-order valence-electron chi connectivity index (χ4n) is 2.73. The zero-order valence-corrected chi connectivity index (χ0v) is 17.0. The second-order valence-corrected chi connectivity index (χ2v) is 9.17. The first-order chi connectivity index (χ1) is 12.8. The maximum atomic E-state index is 3.31. The molecule has 127 valence electrons. The molecule has 0 heterocycles. The maximum absolute atomic E-state index is 3.31. The maximum Gasteiger partial charge on any atom is 0.154 e. The second kappa shape index (κ2) is 9.90. The van der Waals surface area contributed by atoms with Crippen LogP contribution in [0.15, 0.2) is 126 Å². The number of halogens is 1. The van der Waals surface area contributed by atoms with Crippen LogP contribution in [0.1, 0.15) is 0 Å². The number of rotatable bonds is 3. The molecule has 0 aliphatic carbocycles. The molecule has 4 rings (SSSR count). The van der Waals surface area contributed by atoms with Crippen molar-refractivity contribution in [1.29, 1.82) is 0 Å². The SMILES string of the molecule is Brc1ccccc1.c1ccc([Si](c2ccccc2)c2ccccc2)cc1. The molecule has 2 heteroatoms. The third-order valence-electron chi connectivity index (χ3n) is 3.92. The van der Waals surface area contributed by atoms with Gasteiger partial charge in [0.2, 0.25) is 0 Å². The van der Waals surface area contributed by atoms with Gasteiger partial charge < -0.3 is 0 Å². The van der Waals surface area contributed by atoms with E-state index in [1.54, 1.807) is 0 Å². The van der Waals surface area contributed by atoms with Crippen LogP contribution in [0.4, 0.5) is 0 Å². The second-order valence-electron chi connectivity index (χ2n) is 5.77. The highest BCUT2D eigenvalue weighted by Gasteiger charge is 2.18. The molecule has 4 aromatic rings. The van der Waals surface area contributed by atoms with Crippen molar-refractivity contribution in [3.05, 3.63) is 126 Å². The van der Waals surface area contributed by atoms with Crippen LogP contribution in [0, 0.1) is 0 Å². The fourth-order valence-corrected chi connectivity index (χ4v) is 5.61. The van der Waals surface area contributed by atoms with Crippen molar-refractivity contribution >= 4 is 40.3 Å². The molecule has 0 saturated heterocycles. The molecule has 0 atom stereocenters. The quantitative estimate of drug-likeness (QED) is 0.337. The Bertz CT molecular complexity index is 784. The van der Waals surface area contributed by atoms with Crippen LogP contribution in [0.3, 0.4) is 0 Å². The summed E-state index contributed by atoms with van der Waals surface area (Å²) in [6.07, 6.45) is 0. The van der Waals surface area contributed by atoms with Crippen molar-refractivity contribution in [3.8, 4) is 0 Å². The summed E-state index contributed by atoms with van der Waals surface area (Å²) in [6.45, 7) is 0. The van der Waals surface area contributed by atoms with Gasteiger partial charge in [-0.25, -0.2) is 0 Å². The summed E-state index contributed by atoms with van der Waals surface area (Å²) in [6, 6.07) is 42.5. The van der Waals surface area contributed by atoms with Crippen LogP contribution in [-0.4, -0.2) is 8.80 Å². The molecule has 0 spiro atoms. The Labute approximate surface area is 165 Å². The van der Waals surface area contributed by atoms with Crippen LogP contribution in [0.2, 0.25) is 0 Å². The fraction of sp³-hybridized carbons (Fsp3) is 0. The Morgan fingerprint density at radius 1 is 0.385 bits per heavy atom. The van der Waals surface area contributed by atoms with Crippen LogP contribution < -0.4 is 15.6 Å². The Morgan fingerprint density at radius 3 is 0.885 bits per heavy atom.